The van der Waals surface area contributed by atoms with Gasteiger partial charge in [-0.3, -0.25) is 4.90 Å². The lowest BCUT2D eigenvalue weighted by Gasteiger charge is -2.45. The lowest BCUT2D eigenvalue weighted by atomic mass is 10.0. The Hall–Kier alpha value is -2.18. The van der Waals surface area contributed by atoms with E-state index < -0.39 is 6.23 Å². The highest BCUT2D eigenvalue weighted by Gasteiger charge is 2.40. The first-order valence-corrected chi connectivity index (χ1v) is 13.0. The second-order valence-corrected chi connectivity index (χ2v) is 8.54. The zero-order chi connectivity index (χ0) is 25.1. The van der Waals surface area contributed by atoms with Crippen LogP contribution in [0.3, 0.4) is 0 Å². The van der Waals surface area contributed by atoms with Crippen molar-refractivity contribution in [1.82, 2.24) is 15.3 Å². The Bertz CT molecular complexity index is 898. The van der Waals surface area contributed by atoms with Gasteiger partial charge in [-0.25, -0.2) is 5.43 Å². The minimum Gasteiger partial charge on any atom is -0.372 e. The molecule has 3 N–H and O–H groups in total. The molecule has 3 atom stereocenters. The normalized spacial score (nSPS) is 21.4. The summed E-state index contributed by atoms with van der Waals surface area (Å²) >= 11 is 6.05. The van der Waals surface area contributed by atoms with Gasteiger partial charge in [-0.05, 0) is 41.3 Å². The van der Waals surface area contributed by atoms with Crippen molar-refractivity contribution in [3.05, 3.63) is 82.0 Å². The van der Waals surface area contributed by atoms with Crippen molar-refractivity contribution in [3.63, 3.8) is 0 Å². The molecule has 0 spiro atoms. The molecular weight excluding hydrogens is 444 g/mol. The summed E-state index contributed by atoms with van der Waals surface area (Å²) in [5.41, 5.74) is 7.70. The van der Waals surface area contributed by atoms with Crippen molar-refractivity contribution >= 4 is 17.8 Å². The van der Waals surface area contributed by atoms with Crippen LogP contribution < -0.4 is 5.43 Å². The van der Waals surface area contributed by atoms with Gasteiger partial charge in [0.15, 0.2) is 0 Å². The zero-order valence-electron chi connectivity index (χ0n) is 21.3. The highest BCUT2D eigenvalue weighted by Crippen LogP contribution is 2.34. The number of hydrazine groups is 1. The minimum atomic E-state index is -0.657. The Morgan fingerprint density at radius 3 is 2.29 bits per heavy atom. The predicted molar refractivity (Wildman–Crippen MR) is 144 cm³/mol. The molecule has 2 aromatic rings. The molecule has 2 aliphatic heterocycles. The molecule has 0 amide bonds. The zero-order valence-corrected chi connectivity index (χ0v) is 22.0. The fourth-order valence-electron chi connectivity index (χ4n) is 4.28. The van der Waals surface area contributed by atoms with Gasteiger partial charge in [0.25, 0.3) is 0 Å². The number of benzene rings is 2. The Morgan fingerprint density at radius 1 is 1.06 bits per heavy atom. The van der Waals surface area contributed by atoms with Crippen molar-refractivity contribution in [2.45, 2.75) is 78.7 Å². The first kappa shape index (κ1) is 28.1. The average molecular weight is 485 g/mol. The fraction of sp³-hybridized carbons (Fsp3) is 0.464. The maximum Gasteiger partial charge on any atom is 0.149 e. The van der Waals surface area contributed by atoms with Crippen LogP contribution in [-0.2, 0) is 6.54 Å². The third kappa shape index (κ3) is 6.92. The van der Waals surface area contributed by atoms with Gasteiger partial charge >= 0.3 is 0 Å². The van der Waals surface area contributed by atoms with Crippen LogP contribution in [0.5, 0.6) is 0 Å². The number of halogens is 1. The summed E-state index contributed by atoms with van der Waals surface area (Å²) in [6.45, 7) is 11.7. The number of aliphatic hydroxyl groups excluding tert-OH is 1. The number of hydrogen-bond donors (Lipinski definition) is 3. The Labute approximate surface area is 210 Å². The van der Waals surface area contributed by atoms with E-state index in [0.717, 1.165) is 53.2 Å². The number of piperazine rings is 1. The molecule has 4 rings (SSSR count). The number of hydrogen-bond acceptors (Lipinski definition) is 5. The van der Waals surface area contributed by atoms with Gasteiger partial charge in [0.1, 0.15) is 6.23 Å². The highest BCUT2D eigenvalue weighted by molar-refractivity contribution is 6.30. The van der Waals surface area contributed by atoms with Crippen LogP contribution in [0.4, 0.5) is 0 Å². The third-order valence-electron chi connectivity index (χ3n) is 5.97. The Morgan fingerprint density at radius 2 is 1.71 bits per heavy atom. The van der Waals surface area contributed by atoms with Gasteiger partial charge in [-0.2, -0.15) is 0 Å². The van der Waals surface area contributed by atoms with E-state index >= 15 is 0 Å². The molecule has 3 unspecified atom stereocenters. The van der Waals surface area contributed by atoms with E-state index in [2.05, 4.69) is 28.3 Å². The standard InChI is InChI=1S/C24H29ClN4O.2C2H6/c1-2-3-4-21-16-28(15-18-7-5-17(14-26)6-8-18)24(30)23-13-22(27-29(21)23)19-9-11-20(25)12-10-19;2*1-2/h5-14,21-22,24,26-27,30H,2-4,15-16H2,1H3;2*1-2H3. The summed E-state index contributed by atoms with van der Waals surface area (Å²) in [4.78, 5) is 2.15. The smallest absolute Gasteiger partial charge is 0.149 e. The second-order valence-electron chi connectivity index (χ2n) is 8.10. The first-order chi connectivity index (χ1) is 16.6. The topological polar surface area (TPSA) is 62.6 Å². The summed E-state index contributed by atoms with van der Waals surface area (Å²) in [7, 11) is 0. The van der Waals surface area contributed by atoms with Crippen LogP contribution in [0.25, 0.3) is 0 Å². The molecule has 0 radical (unpaired) electrons. The number of nitrogens with zero attached hydrogens (tertiary/aromatic N) is 2. The molecule has 6 heteroatoms. The van der Waals surface area contributed by atoms with Crippen LogP contribution in [-0.4, -0.2) is 40.0 Å². The molecule has 0 saturated carbocycles. The molecule has 0 bridgehead atoms. The van der Waals surface area contributed by atoms with Crippen LogP contribution in [0.2, 0.25) is 5.02 Å². The van der Waals surface area contributed by atoms with E-state index in [9.17, 15) is 5.11 Å². The molecule has 1 fully saturated rings. The van der Waals surface area contributed by atoms with Crippen LogP contribution in [0.1, 0.15) is 76.6 Å². The monoisotopic (exact) mass is 484 g/mol. The summed E-state index contributed by atoms with van der Waals surface area (Å²) < 4.78 is 0. The van der Waals surface area contributed by atoms with Crippen molar-refractivity contribution in [1.29, 1.82) is 5.41 Å². The number of fused-ring (bicyclic) bond motifs is 1. The van der Waals surface area contributed by atoms with Crippen LogP contribution in [0, 0.1) is 5.41 Å². The molecule has 5 nitrogen and oxygen atoms in total. The van der Waals surface area contributed by atoms with Gasteiger partial charge in [-0.1, -0.05) is 95.5 Å². The average Bonchev–Trinajstić information content (AvgIpc) is 3.34. The second kappa shape index (κ2) is 14.3. The van der Waals surface area contributed by atoms with Gasteiger partial charge in [0.2, 0.25) is 0 Å². The van der Waals surface area contributed by atoms with Crippen molar-refractivity contribution in [3.8, 4) is 0 Å². The van der Waals surface area contributed by atoms with Gasteiger partial charge in [0.05, 0.1) is 17.8 Å². The number of rotatable bonds is 7. The molecule has 34 heavy (non-hydrogen) atoms. The lowest BCUT2D eigenvalue weighted by molar-refractivity contribution is -0.0587. The predicted octanol–water partition coefficient (Wildman–Crippen LogP) is 6.53. The Balaban J connectivity index is 0.000000970. The summed E-state index contributed by atoms with van der Waals surface area (Å²) in [6, 6.07) is 16.2. The molecule has 2 aliphatic rings. The SMILES string of the molecule is CC.CC.CCCCC1CN(Cc2ccc(C=N)cc2)C(O)C2=CC(c3ccc(Cl)cc3)NN21. The van der Waals surface area contributed by atoms with Crippen molar-refractivity contribution in [2.75, 3.05) is 6.54 Å². The molecule has 186 valence electrons. The van der Waals surface area contributed by atoms with E-state index in [0.29, 0.717) is 12.6 Å². The van der Waals surface area contributed by atoms with E-state index in [1.165, 1.54) is 6.21 Å². The number of aliphatic hydroxyl groups is 1. The Kier molecular flexibility index (Phi) is 11.8. The highest BCUT2D eigenvalue weighted by atomic mass is 35.5. The van der Waals surface area contributed by atoms with E-state index in [1.807, 2.05) is 76.2 Å². The lowest BCUT2D eigenvalue weighted by Crippen LogP contribution is -2.58. The molecule has 0 aromatic heterocycles. The summed E-state index contributed by atoms with van der Waals surface area (Å²) in [6.07, 6.45) is 6.21. The maximum absolute atomic E-state index is 11.2. The van der Waals surface area contributed by atoms with Crippen LogP contribution in [0.15, 0.2) is 60.3 Å². The van der Waals surface area contributed by atoms with E-state index in [4.69, 9.17) is 17.0 Å². The first-order valence-electron chi connectivity index (χ1n) is 12.6. The largest absolute Gasteiger partial charge is 0.372 e. The number of unbranched alkanes of at least 4 members (excludes halogenated alkanes) is 1. The molecule has 0 aliphatic carbocycles. The van der Waals surface area contributed by atoms with E-state index in [-0.39, 0.29) is 6.04 Å². The van der Waals surface area contributed by atoms with Gasteiger partial charge in [0, 0.05) is 24.3 Å². The maximum atomic E-state index is 11.2. The van der Waals surface area contributed by atoms with Crippen LogP contribution >= 0.6 is 11.6 Å². The van der Waals surface area contributed by atoms with Gasteiger partial charge in [-0.15, -0.1) is 0 Å². The molecular formula is C28H41ClN4O. The van der Waals surface area contributed by atoms with E-state index in [1.54, 1.807) is 0 Å². The fourth-order valence-corrected chi connectivity index (χ4v) is 4.41. The van der Waals surface area contributed by atoms with Gasteiger partial charge < -0.3 is 15.5 Å². The summed E-state index contributed by atoms with van der Waals surface area (Å²) in [5, 5.41) is 21.5. The molecule has 1 saturated heterocycles. The quantitative estimate of drug-likeness (QED) is 0.391. The number of nitrogens with one attached hydrogen (secondary N) is 2. The molecule has 2 heterocycles. The third-order valence-corrected chi connectivity index (χ3v) is 6.22. The summed E-state index contributed by atoms with van der Waals surface area (Å²) in [5.74, 6) is 0. The van der Waals surface area contributed by atoms with Crippen molar-refractivity contribution < 1.29 is 5.11 Å². The minimum absolute atomic E-state index is 0.0304. The molecule has 2 aromatic carbocycles. The van der Waals surface area contributed by atoms with Crippen molar-refractivity contribution in [2.24, 2.45) is 0 Å².